The van der Waals surface area contributed by atoms with Gasteiger partial charge < -0.3 is 5.11 Å². The van der Waals surface area contributed by atoms with Gasteiger partial charge in [-0.1, -0.05) is 32.9 Å². The molecule has 3 aliphatic carbocycles. The molecule has 0 aromatic rings. The molecule has 0 aliphatic heterocycles. The van der Waals surface area contributed by atoms with E-state index in [0.29, 0.717) is 10.8 Å². The van der Waals surface area contributed by atoms with E-state index in [-0.39, 0.29) is 11.5 Å². The lowest BCUT2D eigenvalue weighted by molar-refractivity contribution is -0.104. The standard InChI is InChI=1S/C15H24O/c1-13(2)8-9-15-7-5-12(16)14(3,10-15)6-4-11(13)15/h8-9,11-12,16H,4-7,10H2,1-3H3/t11-,12-,14+,15-/m0/s1. The molecular formula is C15H24O. The van der Waals surface area contributed by atoms with Crippen LogP contribution in [-0.2, 0) is 0 Å². The van der Waals surface area contributed by atoms with E-state index in [1.807, 2.05) is 0 Å². The topological polar surface area (TPSA) is 20.2 Å². The number of hydrogen-bond donors (Lipinski definition) is 1. The normalized spacial score (nSPS) is 53.8. The highest BCUT2D eigenvalue weighted by Crippen LogP contribution is 2.65. The monoisotopic (exact) mass is 220 g/mol. The van der Waals surface area contributed by atoms with Crippen molar-refractivity contribution in [1.29, 1.82) is 0 Å². The van der Waals surface area contributed by atoms with Crippen LogP contribution in [0.15, 0.2) is 12.2 Å². The maximum atomic E-state index is 10.2. The summed E-state index contributed by atoms with van der Waals surface area (Å²) in [6.07, 6.45) is 10.8. The lowest BCUT2D eigenvalue weighted by atomic mass is 9.49. The van der Waals surface area contributed by atoms with Crippen LogP contribution in [0.5, 0.6) is 0 Å². The second kappa shape index (κ2) is 2.93. The number of allylic oxidation sites excluding steroid dienone is 2. The van der Waals surface area contributed by atoms with E-state index in [2.05, 4.69) is 32.9 Å². The number of rotatable bonds is 0. The zero-order valence-electron chi connectivity index (χ0n) is 10.8. The van der Waals surface area contributed by atoms with Gasteiger partial charge in [0.15, 0.2) is 0 Å². The van der Waals surface area contributed by atoms with Gasteiger partial charge in [-0.25, -0.2) is 0 Å². The van der Waals surface area contributed by atoms with Gasteiger partial charge in [-0.2, -0.15) is 0 Å². The summed E-state index contributed by atoms with van der Waals surface area (Å²) in [5.41, 5.74) is 0.999. The van der Waals surface area contributed by atoms with Gasteiger partial charge in [-0.05, 0) is 54.3 Å². The Hall–Kier alpha value is -0.300. The second-order valence-electron chi connectivity index (χ2n) is 7.36. The van der Waals surface area contributed by atoms with Crippen molar-refractivity contribution in [2.75, 3.05) is 0 Å². The minimum atomic E-state index is -0.0591. The van der Waals surface area contributed by atoms with Gasteiger partial charge in [0.1, 0.15) is 0 Å². The van der Waals surface area contributed by atoms with Crippen molar-refractivity contribution in [1.82, 2.24) is 0 Å². The molecule has 0 saturated heterocycles. The fourth-order valence-electron chi connectivity index (χ4n) is 4.89. The molecule has 0 amide bonds. The molecule has 0 radical (unpaired) electrons. The van der Waals surface area contributed by atoms with Gasteiger partial charge in [0.05, 0.1) is 6.10 Å². The van der Waals surface area contributed by atoms with Gasteiger partial charge in [0.25, 0.3) is 0 Å². The Morgan fingerprint density at radius 3 is 2.56 bits per heavy atom. The van der Waals surface area contributed by atoms with Crippen molar-refractivity contribution in [3.8, 4) is 0 Å². The Morgan fingerprint density at radius 2 is 1.81 bits per heavy atom. The van der Waals surface area contributed by atoms with E-state index >= 15 is 0 Å². The van der Waals surface area contributed by atoms with Crippen molar-refractivity contribution < 1.29 is 5.11 Å². The van der Waals surface area contributed by atoms with Crippen molar-refractivity contribution in [2.24, 2.45) is 22.2 Å². The predicted molar refractivity (Wildman–Crippen MR) is 66.0 cm³/mol. The molecule has 0 unspecified atom stereocenters. The molecule has 2 bridgehead atoms. The molecule has 1 N–H and O–H groups in total. The van der Waals surface area contributed by atoms with Crippen molar-refractivity contribution >= 4 is 0 Å². The maximum absolute atomic E-state index is 10.2. The van der Waals surface area contributed by atoms with Crippen LogP contribution in [-0.4, -0.2) is 11.2 Å². The molecular weight excluding hydrogens is 196 g/mol. The third-order valence-corrected chi connectivity index (χ3v) is 5.86. The van der Waals surface area contributed by atoms with Crippen LogP contribution in [0.2, 0.25) is 0 Å². The largest absolute Gasteiger partial charge is 0.393 e. The van der Waals surface area contributed by atoms with Crippen LogP contribution in [0.25, 0.3) is 0 Å². The number of aliphatic hydroxyl groups is 1. The number of fused-ring (bicyclic) bond motifs is 1. The van der Waals surface area contributed by atoms with Crippen LogP contribution < -0.4 is 0 Å². The van der Waals surface area contributed by atoms with Crippen molar-refractivity contribution in [2.45, 2.75) is 59.0 Å². The summed E-state index contributed by atoms with van der Waals surface area (Å²) in [6, 6.07) is 0. The van der Waals surface area contributed by atoms with E-state index in [1.165, 1.54) is 25.7 Å². The zero-order chi connectivity index (χ0) is 11.6. The minimum Gasteiger partial charge on any atom is -0.393 e. The summed E-state index contributed by atoms with van der Waals surface area (Å²) in [7, 11) is 0. The maximum Gasteiger partial charge on any atom is 0.0594 e. The Morgan fingerprint density at radius 1 is 1.06 bits per heavy atom. The van der Waals surface area contributed by atoms with Crippen LogP contribution in [0.1, 0.15) is 52.9 Å². The first-order chi connectivity index (χ1) is 7.38. The van der Waals surface area contributed by atoms with Gasteiger partial charge in [-0.3, -0.25) is 0 Å². The van der Waals surface area contributed by atoms with Gasteiger partial charge in [0.2, 0.25) is 0 Å². The smallest absolute Gasteiger partial charge is 0.0594 e. The van der Waals surface area contributed by atoms with E-state index in [9.17, 15) is 5.11 Å². The Balaban J connectivity index is 1.98. The molecule has 0 aromatic heterocycles. The average Bonchev–Trinajstić information content (AvgIpc) is 2.46. The van der Waals surface area contributed by atoms with E-state index in [0.717, 1.165) is 12.3 Å². The molecule has 3 aliphatic rings. The summed E-state index contributed by atoms with van der Waals surface area (Å²) in [4.78, 5) is 0. The molecule has 1 spiro atoms. The summed E-state index contributed by atoms with van der Waals surface area (Å²) in [5.74, 6) is 0.820. The Kier molecular flexibility index (Phi) is 1.98. The second-order valence-corrected chi connectivity index (χ2v) is 7.36. The van der Waals surface area contributed by atoms with Gasteiger partial charge in [0, 0.05) is 0 Å². The Bertz CT molecular complexity index is 343. The average molecular weight is 220 g/mol. The zero-order valence-corrected chi connectivity index (χ0v) is 10.8. The first kappa shape index (κ1) is 10.8. The van der Waals surface area contributed by atoms with Gasteiger partial charge >= 0.3 is 0 Å². The summed E-state index contributed by atoms with van der Waals surface area (Å²) < 4.78 is 0. The molecule has 2 fully saturated rings. The summed E-state index contributed by atoms with van der Waals surface area (Å²) in [5, 5.41) is 10.2. The summed E-state index contributed by atoms with van der Waals surface area (Å²) >= 11 is 0. The highest BCUT2D eigenvalue weighted by Gasteiger charge is 2.58. The summed E-state index contributed by atoms with van der Waals surface area (Å²) in [6.45, 7) is 7.07. The van der Waals surface area contributed by atoms with E-state index < -0.39 is 0 Å². The molecule has 3 rings (SSSR count). The van der Waals surface area contributed by atoms with Crippen LogP contribution in [0.3, 0.4) is 0 Å². The van der Waals surface area contributed by atoms with E-state index in [4.69, 9.17) is 0 Å². The quantitative estimate of drug-likeness (QED) is 0.619. The first-order valence-corrected chi connectivity index (χ1v) is 6.77. The van der Waals surface area contributed by atoms with Crippen LogP contribution in [0, 0.1) is 22.2 Å². The molecule has 2 saturated carbocycles. The number of hydrogen-bond acceptors (Lipinski definition) is 1. The predicted octanol–water partition coefficient (Wildman–Crippen LogP) is 3.53. The molecule has 16 heavy (non-hydrogen) atoms. The number of aliphatic hydroxyl groups excluding tert-OH is 1. The Labute approximate surface area is 98.9 Å². The SMILES string of the molecule is CC1(C)C=C[C@]23CC[C@H](O)[C@](C)(CC[C@@H]12)C3. The third kappa shape index (κ3) is 1.21. The lowest BCUT2D eigenvalue weighted by Gasteiger charge is -2.56. The fraction of sp³-hybridized carbons (Fsp3) is 0.867. The first-order valence-electron chi connectivity index (χ1n) is 6.77. The fourth-order valence-corrected chi connectivity index (χ4v) is 4.89. The molecule has 0 heterocycles. The van der Waals surface area contributed by atoms with Crippen LogP contribution >= 0.6 is 0 Å². The molecule has 4 atom stereocenters. The van der Waals surface area contributed by atoms with Gasteiger partial charge in [-0.15, -0.1) is 0 Å². The van der Waals surface area contributed by atoms with Crippen LogP contribution in [0.4, 0.5) is 0 Å². The molecule has 1 nitrogen and oxygen atoms in total. The highest BCUT2D eigenvalue weighted by molar-refractivity contribution is 5.23. The highest BCUT2D eigenvalue weighted by atomic mass is 16.3. The van der Waals surface area contributed by atoms with Crippen molar-refractivity contribution in [3.05, 3.63) is 12.2 Å². The minimum absolute atomic E-state index is 0.0591. The van der Waals surface area contributed by atoms with Crippen molar-refractivity contribution in [3.63, 3.8) is 0 Å². The molecule has 1 heteroatoms. The third-order valence-electron chi connectivity index (χ3n) is 5.86. The lowest BCUT2D eigenvalue weighted by Crippen LogP contribution is -2.51. The molecule has 90 valence electrons. The van der Waals surface area contributed by atoms with E-state index in [1.54, 1.807) is 0 Å². The molecule has 0 aromatic carbocycles.